The normalized spacial score (nSPS) is 14.4. The van der Waals surface area contributed by atoms with Crippen molar-refractivity contribution < 1.29 is 22.7 Å². The average molecular weight is 341 g/mol. The number of halogens is 4. The van der Waals surface area contributed by atoms with Crippen LogP contribution in [0.1, 0.15) is 42.1 Å². The average Bonchev–Trinajstić information content (AvgIpc) is 2.53. The fraction of sp³-hybridized carbons (Fsp3) is 0.333. The first-order chi connectivity index (χ1) is 11.3. The molecule has 6 heteroatoms. The minimum absolute atomic E-state index is 0.134. The number of nitrogens with one attached hydrogen (secondary N) is 1. The van der Waals surface area contributed by atoms with E-state index < -0.39 is 24.5 Å². The number of aliphatic hydroxyl groups is 1. The number of alkyl halides is 3. The number of rotatable bonds is 6. The van der Waals surface area contributed by atoms with Gasteiger partial charge in [-0.15, -0.1) is 0 Å². The van der Waals surface area contributed by atoms with E-state index in [0.29, 0.717) is 11.1 Å². The van der Waals surface area contributed by atoms with Crippen LogP contribution >= 0.6 is 0 Å². The Kier molecular flexibility index (Phi) is 5.96. The summed E-state index contributed by atoms with van der Waals surface area (Å²) in [4.78, 5) is 0. The second kappa shape index (κ2) is 7.77. The van der Waals surface area contributed by atoms with Gasteiger partial charge in [-0.2, -0.15) is 13.2 Å². The third-order valence-electron chi connectivity index (χ3n) is 3.79. The van der Waals surface area contributed by atoms with Crippen LogP contribution in [-0.4, -0.2) is 11.3 Å². The minimum Gasteiger partial charge on any atom is -0.392 e. The van der Waals surface area contributed by atoms with E-state index in [-0.39, 0.29) is 12.6 Å². The van der Waals surface area contributed by atoms with Gasteiger partial charge in [0, 0.05) is 12.1 Å². The molecule has 0 aliphatic heterocycles. The van der Waals surface area contributed by atoms with Crippen LogP contribution in [0, 0.1) is 5.82 Å². The lowest BCUT2D eigenvalue weighted by Gasteiger charge is -2.25. The number of hydrogen-bond acceptors (Lipinski definition) is 2. The van der Waals surface area contributed by atoms with Crippen LogP contribution in [0.25, 0.3) is 0 Å². The Labute approximate surface area is 138 Å². The smallest absolute Gasteiger partial charge is 0.390 e. The van der Waals surface area contributed by atoms with Crippen LogP contribution in [0.3, 0.4) is 0 Å². The van der Waals surface area contributed by atoms with Crippen LogP contribution in [-0.2, 0) is 6.61 Å². The molecule has 0 bridgehead atoms. The van der Waals surface area contributed by atoms with E-state index in [1.807, 2.05) is 0 Å². The van der Waals surface area contributed by atoms with Gasteiger partial charge in [0.05, 0.1) is 13.0 Å². The van der Waals surface area contributed by atoms with Gasteiger partial charge in [0.1, 0.15) is 5.82 Å². The summed E-state index contributed by atoms with van der Waals surface area (Å²) in [5.74, 6) is -0.492. The molecule has 0 saturated heterocycles. The van der Waals surface area contributed by atoms with E-state index in [0.717, 1.165) is 17.7 Å². The van der Waals surface area contributed by atoms with E-state index >= 15 is 0 Å². The first-order valence-corrected chi connectivity index (χ1v) is 7.56. The van der Waals surface area contributed by atoms with Crippen LogP contribution in [0.4, 0.5) is 17.6 Å². The van der Waals surface area contributed by atoms with E-state index in [1.165, 1.54) is 12.1 Å². The Bertz CT molecular complexity index is 655. The van der Waals surface area contributed by atoms with Gasteiger partial charge in [0.2, 0.25) is 0 Å². The zero-order chi connectivity index (χ0) is 17.7. The van der Waals surface area contributed by atoms with E-state index in [2.05, 4.69) is 5.32 Å². The Morgan fingerprint density at radius 2 is 1.71 bits per heavy atom. The van der Waals surface area contributed by atoms with Gasteiger partial charge >= 0.3 is 6.18 Å². The molecular weight excluding hydrogens is 322 g/mol. The molecule has 0 amide bonds. The molecular formula is C18H19F4NO. The molecule has 0 heterocycles. The molecule has 2 N–H and O–H groups in total. The van der Waals surface area contributed by atoms with Crippen LogP contribution in [0.2, 0.25) is 0 Å². The molecule has 130 valence electrons. The van der Waals surface area contributed by atoms with Crippen molar-refractivity contribution in [1.82, 2.24) is 5.32 Å². The Morgan fingerprint density at radius 3 is 2.29 bits per heavy atom. The Hall–Kier alpha value is -1.92. The molecule has 0 radical (unpaired) electrons. The van der Waals surface area contributed by atoms with Crippen molar-refractivity contribution >= 4 is 0 Å². The molecule has 2 aromatic rings. The predicted molar refractivity (Wildman–Crippen MR) is 83.7 cm³/mol. The molecule has 0 saturated carbocycles. The lowest BCUT2D eigenvalue weighted by atomic mass is 9.99. The second-order valence-corrected chi connectivity index (χ2v) is 5.71. The lowest BCUT2D eigenvalue weighted by Crippen LogP contribution is -2.29. The van der Waals surface area contributed by atoms with Crippen molar-refractivity contribution in [1.29, 1.82) is 0 Å². The van der Waals surface area contributed by atoms with E-state index in [1.54, 1.807) is 31.2 Å². The fourth-order valence-electron chi connectivity index (χ4n) is 2.56. The van der Waals surface area contributed by atoms with Gasteiger partial charge < -0.3 is 10.4 Å². The van der Waals surface area contributed by atoms with Crippen molar-refractivity contribution in [3.8, 4) is 0 Å². The summed E-state index contributed by atoms with van der Waals surface area (Å²) in [7, 11) is 0. The van der Waals surface area contributed by atoms with Gasteiger partial charge in [-0.3, -0.25) is 0 Å². The number of aliphatic hydroxyl groups excluding tert-OH is 1. The Balaban J connectivity index is 2.21. The maximum absolute atomic E-state index is 13.0. The predicted octanol–water partition coefficient (Wildman–Crippen LogP) is 4.66. The molecule has 0 fully saturated rings. The fourth-order valence-corrected chi connectivity index (χ4v) is 2.56. The molecule has 0 aliphatic rings. The number of benzene rings is 2. The van der Waals surface area contributed by atoms with Crippen molar-refractivity contribution in [2.75, 3.05) is 0 Å². The molecule has 2 unspecified atom stereocenters. The zero-order valence-electron chi connectivity index (χ0n) is 13.1. The van der Waals surface area contributed by atoms with Crippen molar-refractivity contribution in [2.24, 2.45) is 0 Å². The summed E-state index contributed by atoms with van der Waals surface area (Å²) in [6.45, 7) is 1.62. The van der Waals surface area contributed by atoms with Gasteiger partial charge in [-0.25, -0.2) is 4.39 Å². The van der Waals surface area contributed by atoms with E-state index in [4.69, 9.17) is 0 Å². The topological polar surface area (TPSA) is 32.3 Å². The summed E-state index contributed by atoms with van der Waals surface area (Å²) in [5, 5.41) is 12.1. The summed E-state index contributed by atoms with van der Waals surface area (Å²) in [5.41, 5.74) is 1.84. The summed E-state index contributed by atoms with van der Waals surface area (Å²) in [6.07, 6.45) is -5.40. The highest BCUT2D eigenvalue weighted by Gasteiger charge is 2.33. The highest BCUT2D eigenvalue weighted by molar-refractivity contribution is 5.26. The third kappa shape index (κ3) is 5.32. The third-order valence-corrected chi connectivity index (χ3v) is 3.79. The number of hydrogen-bond donors (Lipinski definition) is 2. The van der Waals surface area contributed by atoms with Crippen LogP contribution in [0.15, 0.2) is 48.5 Å². The van der Waals surface area contributed by atoms with Gasteiger partial charge in [0.25, 0.3) is 0 Å². The molecule has 0 aliphatic carbocycles. The molecule has 0 aromatic heterocycles. The van der Waals surface area contributed by atoms with Crippen LogP contribution < -0.4 is 5.32 Å². The monoisotopic (exact) mass is 341 g/mol. The molecule has 0 spiro atoms. The molecule has 24 heavy (non-hydrogen) atoms. The zero-order valence-corrected chi connectivity index (χ0v) is 13.1. The Morgan fingerprint density at radius 1 is 1.04 bits per heavy atom. The van der Waals surface area contributed by atoms with Crippen molar-refractivity contribution in [3.05, 3.63) is 71.0 Å². The van der Waals surface area contributed by atoms with Gasteiger partial charge in [-0.05, 0) is 35.7 Å². The van der Waals surface area contributed by atoms with Crippen molar-refractivity contribution in [2.45, 2.75) is 38.2 Å². The summed E-state index contributed by atoms with van der Waals surface area (Å²) >= 11 is 0. The molecule has 2 rings (SSSR count). The van der Waals surface area contributed by atoms with Gasteiger partial charge in [-0.1, -0.05) is 36.4 Å². The summed E-state index contributed by atoms with van der Waals surface area (Å²) < 4.78 is 51.7. The van der Waals surface area contributed by atoms with Crippen LogP contribution in [0.5, 0.6) is 0 Å². The summed E-state index contributed by atoms with van der Waals surface area (Å²) in [6, 6.07) is 10.7. The highest BCUT2D eigenvalue weighted by Crippen LogP contribution is 2.31. The lowest BCUT2D eigenvalue weighted by molar-refractivity contribution is -0.140. The quantitative estimate of drug-likeness (QED) is 0.749. The highest BCUT2D eigenvalue weighted by atomic mass is 19.4. The minimum atomic E-state index is -4.35. The largest absolute Gasteiger partial charge is 0.392 e. The standard InChI is InChI=1S/C18H19F4NO/c1-12(15-4-2-3-13(9-15)11-24)23-17(10-18(20,21)22)14-5-7-16(19)8-6-14/h2-9,12,17,23-24H,10-11H2,1H3. The molecule has 2 nitrogen and oxygen atoms in total. The van der Waals surface area contributed by atoms with Gasteiger partial charge in [0.15, 0.2) is 0 Å². The second-order valence-electron chi connectivity index (χ2n) is 5.71. The van der Waals surface area contributed by atoms with Crippen molar-refractivity contribution in [3.63, 3.8) is 0 Å². The first kappa shape index (κ1) is 18.4. The molecule has 2 atom stereocenters. The first-order valence-electron chi connectivity index (χ1n) is 7.56. The SMILES string of the molecule is CC(NC(CC(F)(F)F)c1ccc(F)cc1)c1cccc(CO)c1. The maximum Gasteiger partial charge on any atom is 0.390 e. The van der Waals surface area contributed by atoms with E-state index in [9.17, 15) is 22.7 Å². The molecule has 2 aromatic carbocycles. The maximum atomic E-state index is 13.0.